The standard InChI is InChI=1S/C14H9FO/c15-11-4-1-3-10(9-11)12-5-2-6-14-13(12)7-8-16-14/h1-9H. The molecule has 1 nitrogen and oxygen atoms in total. The molecule has 0 bridgehead atoms. The topological polar surface area (TPSA) is 13.1 Å². The lowest BCUT2D eigenvalue weighted by Crippen LogP contribution is -1.80. The summed E-state index contributed by atoms with van der Waals surface area (Å²) < 4.78 is 18.5. The Morgan fingerprint density at radius 1 is 0.938 bits per heavy atom. The van der Waals surface area contributed by atoms with Crippen molar-refractivity contribution in [1.29, 1.82) is 0 Å². The van der Waals surface area contributed by atoms with Crippen LogP contribution in [-0.4, -0.2) is 0 Å². The Hall–Kier alpha value is -2.09. The van der Waals surface area contributed by atoms with Crippen LogP contribution < -0.4 is 0 Å². The Bertz CT molecular complexity index is 640. The van der Waals surface area contributed by atoms with Gasteiger partial charge in [0.2, 0.25) is 0 Å². The van der Waals surface area contributed by atoms with Crippen LogP contribution in [-0.2, 0) is 0 Å². The number of fused-ring (bicyclic) bond motifs is 1. The van der Waals surface area contributed by atoms with Crippen LogP contribution in [0.3, 0.4) is 0 Å². The van der Waals surface area contributed by atoms with E-state index in [1.807, 2.05) is 30.3 Å². The number of benzene rings is 2. The van der Waals surface area contributed by atoms with E-state index in [0.717, 1.165) is 22.1 Å². The number of rotatable bonds is 1. The summed E-state index contributed by atoms with van der Waals surface area (Å²) in [6.07, 6.45) is 1.65. The first-order chi connectivity index (χ1) is 7.84. The maximum absolute atomic E-state index is 13.2. The van der Waals surface area contributed by atoms with E-state index >= 15 is 0 Å². The van der Waals surface area contributed by atoms with Crippen LogP contribution in [0.25, 0.3) is 22.1 Å². The molecular formula is C14H9FO. The number of hydrogen-bond donors (Lipinski definition) is 0. The summed E-state index contributed by atoms with van der Waals surface area (Å²) in [5, 5.41) is 1.01. The van der Waals surface area contributed by atoms with E-state index in [1.54, 1.807) is 12.3 Å². The largest absolute Gasteiger partial charge is 0.464 e. The third kappa shape index (κ3) is 1.39. The highest BCUT2D eigenvalue weighted by atomic mass is 19.1. The first-order valence-corrected chi connectivity index (χ1v) is 5.07. The molecule has 0 N–H and O–H groups in total. The van der Waals surface area contributed by atoms with Gasteiger partial charge >= 0.3 is 0 Å². The second-order valence-corrected chi connectivity index (χ2v) is 3.65. The van der Waals surface area contributed by atoms with Crippen LogP contribution in [0.1, 0.15) is 0 Å². The molecule has 2 heteroatoms. The molecule has 3 aromatic rings. The summed E-state index contributed by atoms with van der Waals surface area (Å²) in [7, 11) is 0. The van der Waals surface area contributed by atoms with Crippen LogP contribution in [0.5, 0.6) is 0 Å². The fraction of sp³-hybridized carbons (Fsp3) is 0. The highest BCUT2D eigenvalue weighted by Crippen LogP contribution is 2.29. The Morgan fingerprint density at radius 2 is 1.81 bits per heavy atom. The fourth-order valence-electron chi connectivity index (χ4n) is 1.90. The summed E-state index contributed by atoms with van der Waals surface area (Å²) in [5.74, 6) is -0.224. The lowest BCUT2D eigenvalue weighted by molar-refractivity contribution is 0.616. The van der Waals surface area contributed by atoms with Crippen LogP contribution in [0.4, 0.5) is 4.39 Å². The van der Waals surface area contributed by atoms with Crippen molar-refractivity contribution in [3.8, 4) is 11.1 Å². The Labute approximate surface area is 92.1 Å². The molecule has 0 atom stereocenters. The van der Waals surface area contributed by atoms with Crippen molar-refractivity contribution in [3.05, 3.63) is 60.6 Å². The van der Waals surface area contributed by atoms with Gasteiger partial charge < -0.3 is 4.42 Å². The molecule has 1 aromatic heterocycles. The number of halogens is 1. The number of furan rings is 1. The molecule has 0 spiro atoms. The van der Waals surface area contributed by atoms with E-state index in [4.69, 9.17) is 4.42 Å². The highest BCUT2D eigenvalue weighted by Gasteiger charge is 2.05. The van der Waals surface area contributed by atoms with E-state index in [-0.39, 0.29) is 5.82 Å². The Kier molecular flexibility index (Phi) is 2.00. The predicted molar refractivity (Wildman–Crippen MR) is 61.6 cm³/mol. The molecule has 0 saturated carbocycles. The van der Waals surface area contributed by atoms with Crippen molar-refractivity contribution in [2.45, 2.75) is 0 Å². The van der Waals surface area contributed by atoms with E-state index in [0.29, 0.717) is 0 Å². The minimum atomic E-state index is -0.224. The van der Waals surface area contributed by atoms with E-state index < -0.39 is 0 Å². The van der Waals surface area contributed by atoms with Gasteiger partial charge in [-0.05, 0) is 35.4 Å². The third-order valence-corrected chi connectivity index (χ3v) is 2.63. The zero-order valence-electron chi connectivity index (χ0n) is 8.48. The molecule has 2 aromatic carbocycles. The summed E-state index contributed by atoms with van der Waals surface area (Å²) in [6.45, 7) is 0. The van der Waals surface area contributed by atoms with Gasteiger partial charge in [-0.2, -0.15) is 0 Å². The lowest BCUT2D eigenvalue weighted by atomic mass is 10.0. The molecule has 0 fully saturated rings. The van der Waals surface area contributed by atoms with Gasteiger partial charge in [-0.25, -0.2) is 4.39 Å². The van der Waals surface area contributed by atoms with Crippen LogP contribution in [0.15, 0.2) is 59.2 Å². The van der Waals surface area contributed by atoms with Crippen LogP contribution in [0.2, 0.25) is 0 Å². The van der Waals surface area contributed by atoms with Crippen LogP contribution >= 0.6 is 0 Å². The molecular weight excluding hydrogens is 203 g/mol. The molecule has 0 unspecified atom stereocenters. The third-order valence-electron chi connectivity index (χ3n) is 2.63. The summed E-state index contributed by atoms with van der Waals surface area (Å²) in [4.78, 5) is 0. The van der Waals surface area contributed by atoms with Gasteiger partial charge in [0.1, 0.15) is 11.4 Å². The summed E-state index contributed by atoms with van der Waals surface area (Å²) in [5.41, 5.74) is 2.68. The van der Waals surface area contributed by atoms with E-state index in [2.05, 4.69) is 0 Å². The fourth-order valence-corrected chi connectivity index (χ4v) is 1.90. The summed E-state index contributed by atoms with van der Waals surface area (Å²) in [6, 6.07) is 14.3. The Balaban J connectivity index is 2.29. The van der Waals surface area contributed by atoms with Crippen molar-refractivity contribution in [2.75, 3.05) is 0 Å². The first kappa shape index (κ1) is 9.16. The smallest absolute Gasteiger partial charge is 0.134 e. The van der Waals surface area contributed by atoms with Gasteiger partial charge in [0, 0.05) is 5.39 Å². The van der Waals surface area contributed by atoms with Crippen LogP contribution in [0, 0.1) is 5.82 Å². The average molecular weight is 212 g/mol. The maximum Gasteiger partial charge on any atom is 0.134 e. The molecule has 3 rings (SSSR count). The minimum Gasteiger partial charge on any atom is -0.464 e. The molecule has 0 saturated heterocycles. The SMILES string of the molecule is Fc1cccc(-c2cccc3occc23)c1. The van der Waals surface area contributed by atoms with Gasteiger partial charge in [-0.3, -0.25) is 0 Å². The number of hydrogen-bond acceptors (Lipinski definition) is 1. The monoisotopic (exact) mass is 212 g/mol. The van der Waals surface area contributed by atoms with Gasteiger partial charge in [0.25, 0.3) is 0 Å². The van der Waals surface area contributed by atoms with Gasteiger partial charge in [0.15, 0.2) is 0 Å². The highest BCUT2D eigenvalue weighted by molar-refractivity contribution is 5.93. The molecule has 78 valence electrons. The molecule has 0 radical (unpaired) electrons. The molecule has 0 aliphatic rings. The van der Waals surface area contributed by atoms with Gasteiger partial charge in [-0.1, -0.05) is 24.3 Å². The van der Waals surface area contributed by atoms with Gasteiger partial charge in [-0.15, -0.1) is 0 Å². The average Bonchev–Trinajstić information content (AvgIpc) is 2.76. The van der Waals surface area contributed by atoms with Crippen molar-refractivity contribution >= 4 is 11.0 Å². The van der Waals surface area contributed by atoms with Crippen molar-refractivity contribution in [1.82, 2.24) is 0 Å². The zero-order valence-corrected chi connectivity index (χ0v) is 8.48. The molecule has 0 amide bonds. The van der Waals surface area contributed by atoms with Crippen molar-refractivity contribution in [3.63, 3.8) is 0 Å². The first-order valence-electron chi connectivity index (χ1n) is 5.07. The van der Waals surface area contributed by atoms with Crippen molar-refractivity contribution in [2.24, 2.45) is 0 Å². The van der Waals surface area contributed by atoms with E-state index in [9.17, 15) is 4.39 Å². The van der Waals surface area contributed by atoms with E-state index in [1.165, 1.54) is 12.1 Å². The predicted octanol–water partition coefficient (Wildman–Crippen LogP) is 4.24. The molecule has 16 heavy (non-hydrogen) atoms. The maximum atomic E-state index is 13.2. The second-order valence-electron chi connectivity index (χ2n) is 3.65. The quantitative estimate of drug-likeness (QED) is 0.588. The zero-order chi connectivity index (χ0) is 11.0. The second kappa shape index (κ2) is 3.49. The minimum absolute atomic E-state index is 0.224. The Morgan fingerprint density at radius 3 is 2.69 bits per heavy atom. The molecule has 0 aliphatic carbocycles. The molecule has 1 heterocycles. The summed E-state index contributed by atoms with van der Waals surface area (Å²) >= 11 is 0. The van der Waals surface area contributed by atoms with Gasteiger partial charge in [0.05, 0.1) is 6.26 Å². The van der Waals surface area contributed by atoms with Crippen molar-refractivity contribution < 1.29 is 8.81 Å². The lowest BCUT2D eigenvalue weighted by Gasteiger charge is -2.02. The normalized spacial score (nSPS) is 10.8. The molecule has 0 aliphatic heterocycles.